The van der Waals surface area contributed by atoms with Gasteiger partial charge in [0.1, 0.15) is 35.4 Å². The number of methoxy groups -OCH3 is 2. The van der Waals surface area contributed by atoms with Crippen LogP contribution < -0.4 is 20.3 Å². The average Bonchev–Trinajstić information content (AvgIpc) is 3.72. The van der Waals surface area contributed by atoms with E-state index in [0.717, 1.165) is 16.7 Å². The third kappa shape index (κ3) is 7.82. The summed E-state index contributed by atoms with van der Waals surface area (Å²) in [5.41, 5.74) is 1.01. The molecule has 0 bridgehead atoms. The van der Waals surface area contributed by atoms with Crippen molar-refractivity contribution in [2.75, 3.05) is 26.1 Å². The summed E-state index contributed by atoms with van der Waals surface area (Å²) in [6.07, 6.45) is -2.47. The molecule has 1 aliphatic heterocycles. The van der Waals surface area contributed by atoms with Gasteiger partial charge in [-0.25, -0.2) is 4.98 Å². The summed E-state index contributed by atoms with van der Waals surface area (Å²) in [6, 6.07) is 25.3. The molecule has 2 aromatic heterocycles. The Morgan fingerprint density at radius 1 is 0.945 bits per heavy atom. The van der Waals surface area contributed by atoms with Crippen LogP contribution in [0.15, 0.2) is 90.0 Å². The SMILES string of the molecule is COc1ccc(C(OC[C@H]2O[C@@H](n3cnc4c(=O)[nH]c(NC(=O)C(C)C)nc43)C(O[Si](C)(C)C(C)(C)C)[C@H]2O)(c2ccccc2)c2ccc(OC)cc2)cc1. The Morgan fingerprint density at radius 3 is 2.04 bits per heavy atom. The predicted octanol–water partition coefficient (Wildman–Crippen LogP) is 6.39. The lowest BCUT2D eigenvalue weighted by atomic mass is 9.80. The number of fused-ring (bicyclic) bond motifs is 1. The van der Waals surface area contributed by atoms with Crippen molar-refractivity contribution in [3.63, 3.8) is 0 Å². The van der Waals surface area contributed by atoms with Crippen LogP contribution in [-0.4, -0.2) is 78.0 Å². The fourth-order valence-corrected chi connectivity index (χ4v) is 7.73. The van der Waals surface area contributed by atoms with Gasteiger partial charge in [0.2, 0.25) is 11.9 Å². The van der Waals surface area contributed by atoms with E-state index in [9.17, 15) is 14.7 Å². The number of carbonyl (C=O) groups excluding carboxylic acids is 1. The highest BCUT2D eigenvalue weighted by molar-refractivity contribution is 6.74. The molecule has 55 heavy (non-hydrogen) atoms. The van der Waals surface area contributed by atoms with Gasteiger partial charge in [-0.2, -0.15) is 4.98 Å². The number of nitrogens with one attached hydrogen (secondary N) is 2. The number of ether oxygens (including phenoxy) is 4. The molecule has 0 saturated carbocycles. The largest absolute Gasteiger partial charge is 0.497 e. The second kappa shape index (κ2) is 15.7. The Bertz CT molecular complexity index is 2100. The predicted molar refractivity (Wildman–Crippen MR) is 212 cm³/mol. The Hall–Kier alpha value is -4.86. The van der Waals surface area contributed by atoms with Crippen molar-refractivity contribution in [2.24, 2.45) is 5.92 Å². The number of benzene rings is 3. The molecule has 292 valence electrons. The van der Waals surface area contributed by atoms with E-state index in [0.29, 0.717) is 11.5 Å². The Kier molecular flexibility index (Phi) is 11.4. The molecule has 1 saturated heterocycles. The first-order valence-corrected chi connectivity index (χ1v) is 21.3. The number of anilines is 1. The smallest absolute Gasteiger partial charge is 0.280 e. The van der Waals surface area contributed by atoms with Crippen LogP contribution in [0.3, 0.4) is 0 Å². The minimum absolute atomic E-state index is 0.0233. The lowest BCUT2D eigenvalue weighted by Gasteiger charge is -2.40. The van der Waals surface area contributed by atoms with Gasteiger partial charge in [0.15, 0.2) is 25.7 Å². The summed E-state index contributed by atoms with van der Waals surface area (Å²) in [5.74, 6) is 0.699. The summed E-state index contributed by atoms with van der Waals surface area (Å²) in [7, 11) is 0.701. The molecular formula is C41H51N5O8Si. The number of hydrogen-bond donors (Lipinski definition) is 3. The van der Waals surface area contributed by atoms with Crippen LogP contribution in [0.4, 0.5) is 5.95 Å². The fraction of sp³-hybridized carbons (Fsp3) is 0.415. The van der Waals surface area contributed by atoms with Crippen LogP contribution in [-0.2, 0) is 24.3 Å². The van der Waals surface area contributed by atoms with E-state index in [1.807, 2.05) is 78.9 Å². The number of amides is 1. The second-order valence-corrected chi connectivity index (χ2v) is 20.4. The van der Waals surface area contributed by atoms with Crippen LogP contribution in [0.5, 0.6) is 11.5 Å². The third-order valence-electron chi connectivity index (χ3n) is 10.7. The molecule has 0 radical (unpaired) electrons. The third-order valence-corrected chi connectivity index (χ3v) is 15.1. The quantitative estimate of drug-likeness (QED) is 0.0906. The zero-order valence-corrected chi connectivity index (χ0v) is 33.8. The zero-order chi connectivity index (χ0) is 39.7. The molecular weight excluding hydrogens is 719 g/mol. The number of aromatic nitrogens is 4. The maximum absolute atomic E-state index is 13.2. The van der Waals surface area contributed by atoms with Gasteiger partial charge >= 0.3 is 0 Å². The molecule has 3 aromatic carbocycles. The zero-order valence-electron chi connectivity index (χ0n) is 32.8. The highest BCUT2D eigenvalue weighted by atomic mass is 28.4. The molecule has 1 fully saturated rings. The van der Waals surface area contributed by atoms with Gasteiger partial charge in [-0.3, -0.25) is 24.5 Å². The van der Waals surface area contributed by atoms with Gasteiger partial charge in [-0.1, -0.05) is 89.2 Å². The monoisotopic (exact) mass is 769 g/mol. The lowest BCUT2D eigenvalue weighted by Crippen LogP contribution is -2.49. The first kappa shape index (κ1) is 39.8. The number of H-pyrrole nitrogens is 1. The van der Waals surface area contributed by atoms with E-state index >= 15 is 0 Å². The van der Waals surface area contributed by atoms with Gasteiger partial charge in [-0.15, -0.1) is 0 Å². The number of nitrogens with zero attached hydrogens (tertiary/aromatic N) is 3. The van der Waals surface area contributed by atoms with Crippen LogP contribution in [0.25, 0.3) is 11.2 Å². The van der Waals surface area contributed by atoms with Crippen molar-refractivity contribution in [3.8, 4) is 11.5 Å². The molecule has 5 aromatic rings. The minimum atomic E-state index is -2.54. The standard InChI is InChI=1S/C41H51N5O8Si/c1-25(2)36(48)44-39-43-35-32(37(49)45-39)42-24-46(35)38-34(54-55(8,9)40(3,4)5)33(47)31(53-38)23-52-41(26-13-11-10-12-14-26,27-15-19-29(50-6)20-16-27)28-17-21-30(51-7)22-18-28/h10-22,24-25,31,33-34,38,47H,23H2,1-9H3,(H2,43,44,45,48,49)/t31-,33+,34?,38-/m1/s1. The first-order chi connectivity index (χ1) is 26.1. The van der Waals surface area contributed by atoms with Crippen molar-refractivity contribution in [2.45, 2.75) is 82.9 Å². The van der Waals surface area contributed by atoms with Gasteiger partial charge in [0, 0.05) is 5.92 Å². The van der Waals surface area contributed by atoms with Crippen LogP contribution in [0.1, 0.15) is 57.5 Å². The van der Waals surface area contributed by atoms with Gasteiger partial charge in [0.25, 0.3) is 5.56 Å². The normalized spacial score (nSPS) is 19.2. The highest BCUT2D eigenvalue weighted by Crippen LogP contribution is 2.45. The number of carbonyl (C=O) groups is 1. The number of rotatable bonds is 13. The number of imidazole rings is 1. The topological polar surface area (TPSA) is 159 Å². The first-order valence-electron chi connectivity index (χ1n) is 18.4. The molecule has 3 heterocycles. The van der Waals surface area contributed by atoms with Gasteiger partial charge < -0.3 is 28.5 Å². The van der Waals surface area contributed by atoms with Crippen LogP contribution in [0, 0.1) is 5.92 Å². The molecule has 14 heteroatoms. The maximum atomic E-state index is 13.2. The molecule has 0 spiro atoms. The fourth-order valence-electron chi connectivity index (χ4n) is 6.44. The van der Waals surface area contributed by atoms with E-state index in [2.05, 4.69) is 54.1 Å². The van der Waals surface area contributed by atoms with Crippen LogP contribution >= 0.6 is 0 Å². The van der Waals surface area contributed by atoms with E-state index in [1.165, 1.54) is 6.33 Å². The van der Waals surface area contributed by atoms with Crippen molar-refractivity contribution < 1.29 is 33.3 Å². The van der Waals surface area contributed by atoms with E-state index < -0.39 is 44.0 Å². The summed E-state index contributed by atoms with van der Waals surface area (Å²) < 4.78 is 33.4. The molecule has 1 amide bonds. The summed E-state index contributed by atoms with van der Waals surface area (Å²) in [4.78, 5) is 37.3. The average molecular weight is 770 g/mol. The Balaban J connectivity index is 1.44. The molecule has 1 aliphatic rings. The van der Waals surface area contributed by atoms with Crippen molar-refractivity contribution in [3.05, 3.63) is 112 Å². The van der Waals surface area contributed by atoms with Crippen molar-refractivity contribution >= 4 is 31.3 Å². The summed E-state index contributed by atoms with van der Waals surface area (Å²) in [5, 5.41) is 14.7. The number of hydrogen-bond acceptors (Lipinski definition) is 10. The van der Waals surface area contributed by atoms with E-state index in [-0.39, 0.29) is 40.6 Å². The molecule has 4 atom stereocenters. The molecule has 3 N–H and O–H groups in total. The maximum Gasteiger partial charge on any atom is 0.280 e. The van der Waals surface area contributed by atoms with Gasteiger partial charge in [-0.05, 0) is 59.1 Å². The molecule has 0 aliphatic carbocycles. The van der Waals surface area contributed by atoms with Crippen molar-refractivity contribution in [1.82, 2.24) is 19.5 Å². The molecule has 13 nitrogen and oxygen atoms in total. The lowest BCUT2D eigenvalue weighted by molar-refractivity contribution is -0.118. The molecule has 6 rings (SSSR count). The van der Waals surface area contributed by atoms with E-state index in [4.69, 9.17) is 23.4 Å². The summed E-state index contributed by atoms with van der Waals surface area (Å²) >= 11 is 0. The second-order valence-electron chi connectivity index (χ2n) is 15.6. The molecule has 1 unspecified atom stereocenters. The van der Waals surface area contributed by atoms with Crippen molar-refractivity contribution in [1.29, 1.82) is 0 Å². The number of aliphatic hydroxyl groups is 1. The van der Waals surface area contributed by atoms with Gasteiger partial charge in [0.05, 0.1) is 27.2 Å². The number of aromatic amines is 1. The Labute approximate surface area is 322 Å². The summed E-state index contributed by atoms with van der Waals surface area (Å²) in [6.45, 7) is 14.0. The van der Waals surface area contributed by atoms with Crippen LogP contribution in [0.2, 0.25) is 18.1 Å². The highest BCUT2D eigenvalue weighted by Gasteiger charge is 2.52. The Morgan fingerprint density at radius 2 is 1.51 bits per heavy atom. The minimum Gasteiger partial charge on any atom is -0.497 e. The van der Waals surface area contributed by atoms with E-state index in [1.54, 1.807) is 32.6 Å². The number of aliphatic hydroxyl groups excluding tert-OH is 1.